The van der Waals surface area contributed by atoms with Gasteiger partial charge in [0.05, 0.1) is 0 Å². The number of halogens is 2. The predicted octanol–water partition coefficient (Wildman–Crippen LogP) is 0.461. The van der Waals surface area contributed by atoms with E-state index in [1.165, 1.54) is 10.6 Å². The van der Waals surface area contributed by atoms with Gasteiger partial charge in [0.15, 0.2) is 6.20 Å². The largest absolute Gasteiger partial charge is 1.00 e. The molecule has 0 saturated heterocycles. The van der Waals surface area contributed by atoms with Gasteiger partial charge in [-0.3, -0.25) is 0 Å². The summed E-state index contributed by atoms with van der Waals surface area (Å²) in [5.74, 6) is 0.900. The molecule has 1 aromatic heterocycles. The number of pyridine rings is 1. The highest BCUT2D eigenvalue weighted by atomic mass is 35.5. The van der Waals surface area contributed by atoms with E-state index in [2.05, 4.69) is 36.0 Å². The predicted molar refractivity (Wildman–Crippen MR) is 68.6 cm³/mol. The Kier molecular flexibility index (Phi) is 5.83. The Balaban J connectivity index is 0.00000144. The van der Waals surface area contributed by atoms with E-state index in [4.69, 9.17) is 11.6 Å². The summed E-state index contributed by atoms with van der Waals surface area (Å²) in [6.07, 6.45) is 2.05. The van der Waals surface area contributed by atoms with Crippen molar-refractivity contribution < 1.29 is 17.0 Å². The smallest absolute Gasteiger partial charge is 0.240 e. The monoisotopic (exact) mass is 285 g/mol. The Hall–Kier alpha value is -0.700. The van der Waals surface area contributed by atoms with Gasteiger partial charge in [-0.1, -0.05) is 41.6 Å². The van der Waals surface area contributed by atoms with Gasteiger partial charge in [-0.05, 0) is 17.7 Å². The molecule has 4 heteroatoms. The van der Waals surface area contributed by atoms with Crippen LogP contribution in [0.1, 0.15) is 5.56 Å². The number of hydrogen-bond donors (Lipinski definition) is 0. The summed E-state index contributed by atoms with van der Waals surface area (Å²) < 4.78 is 2.11. The molecule has 0 aliphatic heterocycles. The highest BCUT2D eigenvalue weighted by Gasteiger charge is 2.07. The molecule has 2 rings (SSSR count). The third kappa shape index (κ3) is 3.91. The third-order valence-electron chi connectivity index (χ3n) is 2.34. The summed E-state index contributed by atoms with van der Waals surface area (Å²) in [4.78, 5) is 0. The van der Waals surface area contributed by atoms with Crippen LogP contribution in [0.15, 0.2) is 53.7 Å². The Morgan fingerprint density at radius 1 is 1.12 bits per heavy atom. The van der Waals surface area contributed by atoms with Gasteiger partial charge in [-0.15, -0.1) is 0 Å². The first kappa shape index (κ1) is 14.4. The van der Waals surface area contributed by atoms with Crippen molar-refractivity contribution in [2.75, 3.05) is 0 Å². The molecule has 0 fully saturated rings. The Bertz CT molecular complexity index is 443. The Labute approximate surface area is 117 Å². The van der Waals surface area contributed by atoms with Crippen LogP contribution in [0.4, 0.5) is 0 Å². The lowest BCUT2D eigenvalue weighted by Crippen LogP contribution is -3.00. The van der Waals surface area contributed by atoms with Crippen molar-refractivity contribution in [3.8, 4) is 0 Å². The van der Waals surface area contributed by atoms with Crippen molar-refractivity contribution in [2.45, 2.75) is 10.8 Å². The fraction of sp³-hybridized carbons (Fsp3) is 0.154. The molecule has 0 unspecified atom stereocenters. The normalized spacial score (nSPS) is 9.76. The molecule has 0 aliphatic rings. The molecule has 0 amide bonds. The van der Waals surface area contributed by atoms with Crippen LogP contribution >= 0.6 is 23.4 Å². The highest BCUT2D eigenvalue weighted by Crippen LogP contribution is 2.24. The first-order valence-electron chi connectivity index (χ1n) is 5.08. The van der Waals surface area contributed by atoms with Gasteiger partial charge in [0.25, 0.3) is 0 Å². The summed E-state index contributed by atoms with van der Waals surface area (Å²) in [6, 6.07) is 14.2. The van der Waals surface area contributed by atoms with Gasteiger partial charge in [0, 0.05) is 22.9 Å². The minimum absolute atomic E-state index is 0. The van der Waals surface area contributed by atoms with Crippen molar-refractivity contribution in [2.24, 2.45) is 7.05 Å². The molecule has 0 atom stereocenters. The maximum atomic E-state index is 6.11. The first-order chi connectivity index (χ1) is 7.77. The third-order valence-corrected chi connectivity index (χ3v) is 3.88. The molecule has 17 heavy (non-hydrogen) atoms. The van der Waals surface area contributed by atoms with E-state index in [0.29, 0.717) is 0 Å². The summed E-state index contributed by atoms with van der Waals surface area (Å²) in [6.45, 7) is 0. The molecule has 0 radical (unpaired) electrons. The van der Waals surface area contributed by atoms with Crippen molar-refractivity contribution in [3.63, 3.8) is 0 Å². The molecule has 1 heterocycles. The maximum absolute atomic E-state index is 6.11. The van der Waals surface area contributed by atoms with E-state index in [0.717, 1.165) is 10.8 Å². The van der Waals surface area contributed by atoms with Gasteiger partial charge in [0.1, 0.15) is 7.05 Å². The average molecular weight is 286 g/mol. The zero-order chi connectivity index (χ0) is 11.4. The molecule has 1 nitrogen and oxygen atoms in total. The number of hydrogen-bond acceptors (Lipinski definition) is 1. The lowest BCUT2D eigenvalue weighted by molar-refractivity contribution is -0.708. The van der Waals surface area contributed by atoms with E-state index in [1.54, 1.807) is 11.8 Å². The van der Waals surface area contributed by atoms with Crippen molar-refractivity contribution >= 4 is 23.4 Å². The molecule has 0 bridgehead atoms. The summed E-state index contributed by atoms with van der Waals surface area (Å²) in [7, 11) is 2.05. The molecule has 0 aliphatic carbocycles. The van der Waals surface area contributed by atoms with E-state index in [9.17, 15) is 0 Å². The zero-order valence-electron chi connectivity index (χ0n) is 9.44. The second-order valence-corrected chi connectivity index (χ2v) is 4.93. The molecular formula is C13H13Cl2NS. The fourth-order valence-electron chi connectivity index (χ4n) is 1.42. The summed E-state index contributed by atoms with van der Waals surface area (Å²) >= 11 is 7.90. The van der Waals surface area contributed by atoms with Crippen LogP contribution in [-0.2, 0) is 12.8 Å². The first-order valence-corrected chi connectivity index (χ1v) is 6.44. The van der Waals surface area contributed by atoms with Gasteiger partial charge in [-0.25, -0.2) is 0 Å². The van der Waals surface area contributed by atoms with E-state index < -0.39 is 0 Å². The van der Waals surface area contributed by atoms with Crippen LogP contribution in [0, 0.1) is 0 Å². The molecule has 2 aromatic rings. The molecule has 0 saturated carbocycles. The average Bonchev–Trinajstić information content (AvgIpc) is 2.30. The van der Waals surface area contributed by atoms with E-state index in [-0.39, 0.29) is 12.4 Å². The minimum Gasteiger partial charge on any atom is -1.00 e. The zero-order valence-corrected chi connectivity index (χ0v) is 11.8. The Morgan fingerprint density at radius 3 is 2.53 bits per heavy atom. The summed E-state index contributed by atoms with van der Waals surface area (Å²) in [5.41, 5.74) is 1.18. The van der Waals surface area contributed by atoms with Gasteiger partial charge in [0.2, 0.25) is 5.03 Å². The number of aromatic nitrogens is 1. The van der Waals surface area contributed by atoms with E-state index in [1.807, 2.05) is 24.3 Å². The SMILES string of the molecule is C[n+]1ccccc1SCc1ccccc1Cl.[Cl-]. The molecular weight excluding hydrogens is 273 g/mol. The number of rotatable bonds is 3. The second kappa shape index (κ2) is 6.90. The van der Waals surface area contributed by atoms with Crippen molar-refractivity contribution in [1.82, 2.24) is 0 Å². The van der Waals surface area contributed by atoms with Crippen LogP contribution in [0.3, 0.4) is 0 Å². The Morgan fingerprint density at radius 2 is 1.82 bits per heavy atom. The second-order valence-electron chi connectivity index (χ2n) is 3.53. The van der Waals surface area contributed by atoms with Crippen LogP contribution in [0.5, 0.6) is 0 Å². The van der Waals surface area contributed by atoms with Crippen LogP contribution in [0.25, 0.3) is 0 Å². The highest BCUT2D eigenvalue weighted by molar-refractivity contribution is 7.98. The van der Waals surface area contributed by atoms with Crippen LogP contribution in [0.2, 0.25) is 5.02 Å². The number of thioether (sulfide) groups is 1. The quantitative estimate of drug-likeness (QED) is 0.586. The standard InChI is InChI=1S/C13H13ClNS.ClH/c1-15-9-5-4-8-13(15)16-10-11-6-2-3-7-12(11)14;/h2-9H,10H2,1H3;1H/q+1;/p-1. The molecule has 0 spiro atoms. The number of benzene rings is 1. The van der Waals surface area contributed by atoms with Crippen molar-refractivity contribution in [1.29, 1.82) is 0 Å². The van der Waals surface area contributed by atoms with Crippen LogP contribution in [-0.4, -0.2) is 0 Å². The maximum Gasteiger partial charge on any atom is 0.240 e. The van der Waals surface area contributed by atoms with Gasteiger partial charge < -0.3 is 12.4 Å². The molecule has 0 N–H and O–H groups in total. The molecule has 1 aromatic carbocycles. The number of aryl methyl sites for hydroxylation is 1. The van der Waals surface area contributed by atoms with E-state index >= 15 is 0 Å². The number of nitrogens with zero attached hydrogens (tertiary/aromatic N) is 1. The minimum atomic E-state index is 0. The fourth-order valence-corrected chi connectivity index (χ4v) is 2.70. The topological polar surface area (TPSA) is 3.88 Å². The molecule has 90 valence electrons. The van der Waals surface area contributed by atoms with Crippen molar-refractivity contribution in [3.05, 3.63) is 59.2 Å². The van der Waals surface area contributed by atoms with Gasteiger partial charge in [-0.2, -0.15) is 4.57 Å². The van der Waals surface area contributed by atoms with Gasteiger partial charge >= 0.3 is 0 Å². The lowest BCUT2D eigenvalue weighted by atomic mass is 10.2. The van der Waals surface area contributed by atoms with Crippen LogP contribution < -0.4 is 17.0 Å². The lowest BCUT2D eigenvalue weighted by Gasteiger charge is -2.02. The summed E-state index contributed by atoms with van der Waals surface area (Å²) in [5, 5.41) is 2.08.